The third-order valence-corrected chi connectivity index (χ3v) is 2.68. The average Bonchev–Trinajstić information content (AvgIpc) is 2.71. The lowest BCUT2D eigenvalue weighted by Crippen LogP contribution is -1.91. The summed E-state index contributed by atoms with van der Waals surface area (Å²) in [5.41, 5.74) is 3.41. The van der Waals surface area contributed by atoms with E-state index in [1.807, 2.05) is 59.9 Å². The maximum Gasteiger partial charge on any atom is 0.0483 e. The van der Waals surface area contributed by atoms with Gasteiger partial charge in [-0.3, -0.25) is 0 Å². The first-order chi connectivity index (χ1) is 8.59. The number of hydrogen-bond donors (Lipinski definition) is 0. The summed E-state index contributed by atoms with van der Waals surface area (Å²) in [4.78, 5) is 0. The van der Waals surface area contributed by atoms with E-state index < -0.39 is 0 Å². The molecule has 2 heteroatoms. The number of fused-ring (bicyclic) bond motifs is 1. The van der Waals surface area contributed by atoms with E-state index in [-0.39, 0.29) is 0 Å². The van der Waals surface area contributed by atoms with Crippen LogP contribution in [0.1, 0.15) is 40.3 Å². The fourth-order valence-corrected chi connectivity index (χ4v) is 1.91. The lowest BCUT2D eigenvalue weighted by molar-refractivity contribution is 0.947. The smallest absolute Gasteiger partial charge is 0.0483 e. The van der Waals surface area contributed by atoms with Crippen LogP contribution >= 0.6 is 11.6 Å². The molecule has 2 aromatic rings. The molecule has 100 valence electrons. The van der Waals surface area contributed by atoms with Gasteiger partial charge in [0.15, 0.2) is 0 Å². The molecule has 0 aliphatic rings. The quantitative estimate of drug-likeness (QED) is 0.603. The van der Waals surface area contributed by atoms with Crippen molar-refractivity contribution in [2.45, 2.75) is 34.6 Å². The highest BCUT2D eigenvalue weighted by atomic mass is 35.5. The molecule has 0 radical (unpaired) electrons. The van der Waals surface area contributed by atoms with Gasteiger partial charge in [-0.2, -0.15) is 0 Å². The van der Waals surface area contributed by atoms with E-state index in [2.05, 4.69) is 17.2 Å². The molecule has 0 aliphatic heterocycles. The van der Waals surface area contributed by atoms with Crippen LogP contribution in [0.2, 0.25) is 5.02 Å². The van der Waals surface area contributed by atoms with Gasteiger partial charge in [-0.1, -0.05) is 45.9 Å². The van der Waals surface area contributed by atoms with E-state index in [1.165, 1.54) is 5.52 Å². The molecule has 1 aromatic carbocycles. The van der Waals surface area contributed by atoms with Gasteiger partial charge < -0.3 is 4.57 Å². The lowest BCUT2D eigenvalue weighted by atomic mass is 10.2. The summed E-state index contributed by atoms with van der Waals surface area (Å²) in [6.07, 6.45) is 0. The Hall–Kier alpha value is -1.21. The molecule has 0 bridgehead atoms. The monoisotopic (exact) mass is 265 g/mol. The molecule has 1 aromatic heterocycles. The van der Waals surface area contributed by atoms with Crippen LogP contribution in [0.3, 0.4) is 0 Å². The number of hydrogen-bond acceptors (Lipinski definition) is 0. The Morgan fingerprint density at radius 1 is 1.11 bits per heavy atom. The predicted octanol–water partition coefficient (Wildman–Crippen LogP) is 5.92. The number of aryl methyl sites for hydroxylation is 1. The zero-order chi connectivity index (χ0) is 14.3. The van der Waals surface area contributed by atoms with Crippen LogP contribution in [-0.2, 0) is 7.05 Å². The average molecular weight is 266 g/mol. The number of aromatic nitrogens is 1. The molecule has 0 fully saturated rings. The van der Waals surface area contributed by atoms with Crippen LogP contribution in [0.5, 0.6) is 0 Å². The molecule has 0 unspecified atom stereocenters. The first-order valence-corrected chi connectivity index (χ1v) is 6.88. The summed E-state index contributed by atoms with van der Waals surface area (Å²) >= 11 is 5.93. The Morgan fingerprint density at radius 3 is 2.17 bits per heavy atom. The van der Waals surface area contributed by atoms with Gasteiger partial charge in [-0.05, 0) is 36.8 Å². The first-order valence-electron chi connectivity index (χ1n) is 6.50. The summed E-state index contributed by atoms with van der Waals surface area (Å²) in [6.45, 7) is 14.0. The third-order valence-electron chi connectivity index (χ3n) is 2.44. The van der Waals surface area contributed by atoms with E-state index in [4.69, 9.17) is 11.6 Å². The van der Waals surface area contributed by atoms with Gasteiger partial charge in [0, 0.05) is 28.7 Å². The maximum absolute atomic E-state index is 5.93. The fraction of sp³-hybridized carbons (Fsp3) is 0.375. The summed E-state index contributed by atoms with van der Waals surface area (Å²) in [5.74, 6) is 0. The zero-order valence-electron chi connectivity index (χ0n) is 12.3. The van der Waals surface area contributed by atoms with E-state index in [9.17, 15) is 0 Å². The van der Waals surface area contributed by atoms with Gasteiger partial charge in [0.1, 0.15) is 0 Å². The highest BCUT2D eigenvalue weighted by Gasteiger charge is 2.05. The molecule has 0 atom stereocenters. The Bertz CT molecular complexity index is 509. The van der Waals surface area contributed by atoms with Crippen molar-refractivity contribution in [3.63, 3.8) is 0 Å². The van der Waals surface area contributed by atoms with Crippen molar-refractivity contribution < 1.29 is 0 Å². The van der Waals surface area contributed by atoms with Gasteiger partial charge in [0.2, 0.25) is 0 Å². The van der Waals surface area contributed by atoms with Gasteiger partial charge in [-0.25, -0.2) is 0 Å². The van der Waals surface area contributed by atoms with Crippen LogP contribution in [0.4, 0.5) is 0 Å². The van der Waals surface area contributed by atoms with Crippen molar-refractivity contribution in [2.75, 3.05) is 0 Å². The predicted molar refractivity (Wildman–Crippen MR) is 85.3 cm³/mol. The largest absolute Gasteiger partial charge is 0.344 e. The van der Waals surface area contributed by atoms with E-state index in [1.54, 1.807) is 0 Å². The number of halogens is 1. The second-order valence-corrected chi connectivity index (χ2v) is 4.01. The summed E-state index contributed by atoms with van der Waals surface area (Å²) in [7, 11) is 2.04. The van der Waals surface area contributed by atoms with E-state index >= 15 is 0 Å². The number of rotatable bonds is 1. The summed E-state index contributed by atoms with van der Waals surface area (Å²) < 4.78 is 2.13. The third kappa shape index (κ3) is 3.64. The first kappa shape index (κ1) is 16.8. The number of nitrogens with zero attached hydrogens (tertiary/aromatic N) is 1. The molecule has 0 amide bonds. The van der Waals surface area contributed by atoms with E-state index in [0.717, 1.165) is 21.7 Å². The van der Waals surface area contributed by atoms with Crippen LogP contribution in [0, 0.1) is 0 Å². The van der Waals surface area contributed by atoms with Crippen molar-refractivity contribution in [3.05, 3.63) is 41.6 Å². The Morgan fingerprint density at radius 2 is 1.67 bits per heavy atom. The van der Waals surface area contributed by atoms with Crippen molar-refractivity contribution in [2.24, 2.45) is 7.05 Å². The molecule has 0 saturated carbocycles. The molecule has 1 heterocycles. The van der Waals surface area contributed by atoms with Crippen LogP contribution in [-0.4, -0.2) is 4.57 Å². The zero-order valence-corrected chi connectivity index (χ0v) is 13.1. The van der Waals surface area contributed by atoms with Gasteiger partial charge in [-0.15, -0.1) is 0 Å². The minimum atomic E-state index is 0.774. The van der Waals surface area contributed by atoms with Crippen LogP contribution < -0.4 is 0 Å². The summed E-state index contributed by atoms with van der Waals surface area (Å²) in [5, 5.41) is 1.94. The molecule has 0 spiro atoms. The number of benzene rings is 1. The van der Waals surface area contributed by atoms with Gasteiger partial charge >= 0.3 is 0 Å². The molecular formula is C16H24ClN. The maximum atomic E-state index is 5.93. The Balaban J connectivity index is 0.000000659. The molecule has 2 rings (SSSR count). The van der Waals surface area contributed by atoms with Crippen molar-refractivity contribution >= 4 is 28.1 Å². The highest BCUT2D eigenvalue weighted by molar-refractivity contribution is 6.31. The Kier molecular flexibility index (Phi) is 7.45. The molecule has 0 N–H and O–H groups in total. The topological polar surface area (TPSA) is 4.93 Å². The SMILES string of the molecule is C=C(C)c1cc2cc(Cl)ccc2n1C.CC.CC. The standard InChI is InChI=1S/C12H12ClN.2C2H6/c1-8(2)12-7-9-6-10(13)4-5-11(9)14(12)3;2*1-2/h4-7H,1H2,2-3H3;2*1-2H3. The minimum Gasteiger partial charge on any atom is -0.344 e. The van der Waals surface area contributed by atoms with Gasteiger partial charge in [0.25, 0.3) is 0 Å². The van der Waals surface area contributed by atoms with Crippen molar-refractivity contribution in [1.82, 2.24) is 4.57 Å². The van der Waals surface area contributed by atoms with E-state index in [0.29, 0.717) is 0 Å². The van der Waals surface area contributed by atoms with Crippen LogP contribution in [0.25, 0.3) is 16.5 Å². The second-order valence-electron chi connectivity index (χ2n) is 3.57. The van der Waals surface area contributed by atoms with Gasteiger partial charge in [0.05, 0.1) is 0 Å². The molecule has 1 nitrogen and oxygen atoms in total. The molecule has 0 saturated heterocycles. The molecule has 0 aliphatic carbocycles. The Labute approximate surface area is 116 Å². The lowest BCUT2D eigenvalue weighted by Gasteiger charge is -2.02. The second kappa shape index (κ2) is 7.99. The van der Waals surface area contributed by atoms with Crippen LogP contribution in [0.15, 0.2) is 30.8 Å². The van der Waals surface area contributed by atoms with Crippen molar-refractivity contribution in [3.8, 4) is 0 Å². The normalized spacial score (nSPS) is 9.06. The number of allylic oxidation sites excluding steroid dienone is 1. The summed E-state index contributed by atoms with van der Waals surface area (Å²) in [6, 6.07) is 8.03. The fourth-order valence-electron chi connectivity index (χ4n) is 1.73. The highest BCUT2D eigenvalue weighted by Crippen LogP contribution is 2.25. The molecular weight excluding hydrogens is 242 g/mol. The minimum absolute atomic E-state index is 0.774. The molecule has 18 heavy (non-hydrogen) atoms. The van der Waals surface area contributed by atoms with Crippen molar-refractivity contribution in [1.29, 1.82) is 0 Å².